The van der Waals surface area contributed by atoms with Gasteiger partial charge in [-0.3, -0.25) is 4.79 Å². The fraction of sp³-hybridized carbons (Fsp3) is 0.333. The van der Waals surface area contributed by atoms with Crippen molar-refractivity contribution in [3.05, 3.63) is 29.3 Å². The van der Waals surface area contributed by atoms with Gasteiger partial charge in [0.2, 0.25) is 0 Å². The normalized spacial score (nSPS) is 15.8. The molecule has 2 rings (SSSR count). The van der Waals surface area contributed by atoms with Crippen LogP contribution in [0.4, 0.5) is 18.9 Å². The summed E-state index contributed by atoms with van der Waals surface area (Å²) < 4.78 is 38.5. The number of carbonyl (C=O) groups is 1. The second-order valence-corrected chi connectivity index (χ2v) is 4.28. The van der Waals surface area contributed by atoms with Gasteiger partial charge in [0, 0.05) is 13.1 Å². The maximum absolute atomic E-state index is 12.8. The van der Waals surface area contributed by atoms with E-state index < -0.39 is 23.6 Å². The van der Waals surface area contributed by atoms with Crippen molar-refractivity contribution in [1.29, 1.82) is 5.26 Å². The van der Waals surface area contributed by atoms with E-state index in [1.807, 2.05) is 0 Å². The standard InChI is InChI=1S/C12H9F3N2O2/c13-12(14,15)9-2-1-7(4-16)3-10(9)17-5-8(6-17)11(18)19/h1-3,8H,5-6H2,(H,18,19). The Bertz CT molecular complexity index is 557. The van der Waals surface area contributed by atoms with Crippen LogP contribution in [0.5, 0.6) is 0 Å². The zero-order chi connectivity index (χ0) is 14.2. The third-order valence-corrected chi connectivity index (χ3v) is 3.00. The molecular weight excluding hydrogens is 261 g/mol. The van der Waals surface area contributed by atoms with Crippen LogP contribution in [0.3, 0.4) is 0 Å². The van der Waals surface area contributed by atoms with E-state index in [4.69, 9.17) is 10.4 Å². The summed E-state index contributed by atoms with van der Waals surface area (Å²) in [5, 5.41) is 17.5. The number of benzene rings is 1. The largest absolute Gasteiger partial charge is 0.481 e. The lowest BCUT2D eigenvalue weighted by molar-refractivity contribution is -0.142. The number of anilines is 1. The molecule has 0 aliphatic carbocycles. The maximum Gasteiger partial charge on any atom is 0.418 e. The highest BCUT2D eigenvalue weighted by atomic mass is 19.4. The van der Waals surface area contributed by atoms with Gasteiger partial charge in [0.25, 0.3) is 0 Å². The van der Waals surface area contributed by atoms with Gasteiger partial charge < -0.3 is 10.0 Å². The molecule has 4 nitrogen and oxygen atoms in total. The summed E-state index contributed by atoms with van der Waals surface area (Å²) >= 11 is 0. The lowest BCUT2D eigenvalue weighted by Gasteiger charge is -2.39. The Kier molecular flexibility index (Phi) is 3.10. The molecule has 0 unspecified atom stereocenters. The third-order valence-electron chi connectivity index (χ3n) is 3.00. The van der Waals surface area contributed by atoms with Crippen LogP contribution >= 0.6 is 0 Å². The van der Waals surface area contributed by atoms with E-state index in [1.54, 1.807) is 6.07 Å². The second kappa shape index (κ2) is 4.46. The zero-order valence-electron chi connectivity index (χ0n) is 9.61. The van der Waals surface area contributed by atoms with Gasteiger partial charge in [-0.2, -0.15) is 18.4 Å². The van der Waals surface area contributed by atoms with Crippen LogP contribution in [0.15, 0.2) is 18.2 Å². The summed E-state index contributed by atoms with van der Waals surface area (Å²) in [5.74, 6) is -1.69. The van der Waals surface area contributed by atoms with E-state index in [1.165, 1.54) is 4.90 Å². The minimum atomic E-state index is -4.53. The number of halogens is 3. The smallest absolute Gasteiger partial charge is 0.418 e. The van der Waals surface area contributed by atoms with Gasteiger partial charge in [0.1, 0.15) is 0 Å². The summed E-state index contributed by atoms with van der Waals surface area (Å²) in [6.45, 7) is 0.0423. The van der Waals surface area contributed by atoms with Crippen molar-refractivity contribution < 1.29 is 23.1 Å². The van der Waals surface area contributed by atoms with Crippen molar-refractivity contribution in [2.75, 3.05) is 18.0 Å². The van der Waals surface area contributed by atoms with E-state index >= 15 is 0 Å². The molecule has 7 heteroatoms. The molecule has 0 spiro atoms. The average molecular weight is 270 g/mol. The van der Waals surface area contributed by atoms with Crippen LogP contribution in [0.2, 0.25) is 0 Å². The summed E-state index contributed by atoms with van der Waals surface area (Å²) in [6.07, 6.45) is -4.53. The topological polar surface area (TPSA) is 64.3 Å². The monoisotopic (exact) mass is 270 g/mol. The molecular formula is C12H9F3N2O2. The Labute approximate surface area is 106 Å². The second-order valence-electron chi connectivity index (χ2n) is 4.28. The van der Waals surface area contributed by atoms with Crippen molar-refractivity contribution in [3.63, 3.8) is 0 Å². The molecule has 0 atom stereocenters. The van der Waals surface area contributed by atoms with Crippen LogP contribution in [-0.2, 0) is 11.0 Å². The Balaban J connectivity index is 2.33. The number of carboxylic acid groups (broad SMARTS) is 1. The zero-order valence-corrected chi connectivity index (χ0v) is 9.61. The Morgan fingerprint density at radius 1 is 1.42 bits per heavy atom. The maximum atomic E-state index is 12.8. The number of rotatable bonds is 2. The van der Waals surface area contributed by atoms with Gasteiger partial charge in [0.05, 0.1) is 28.8 Å². The number of carboxylic acids is 1. The molecule has 1 N–H and O–H groups in total. The molecule has 0 aromatic heterocycles. The summed E-state index contributed by atoms with van der Waals surface area (Å²) in [4.78, 5) is 12.0. The highest BCUT2D eigenvalue weighted by molar-refractivity contribution is 5.75. The van der Waals surface area contributed by atoms with Gasteiger partial charge in [0.15, 0.2) is 0 Å². The average Bonchev–Trinajstić information content (AvgIpc) is 2.24. The molecule has 0 bridgehead atoms. The Morgan fingerprint density at radius 2 is 2.05 bits per heavy atom. The molecule has 19 heavy (non-hydrogen) atoms. The number of hydrogen-bond acceptors (Lipinski definition) is 3. The first-order valence-corrected chi connectivity index (χ1v) is 5.42. The molecule has 1 heterocycles. The molecule has 1 aromatic carbocycles. The first-order valence-electron chi connectivity index (χ1n) is 5.42. The van der Waals surface area contributed by atoms with E-state index in [-0.39, 0.29) is 24.3 Å². The SMILES string of the molecule is N#Cc1ccc(C(F)(F)F)c(N2CC(C(=O)O)C2)c1. The number of alkyl halides is 3. The van der Waals surface area contributed by atoms with Gasteiger partial charge in [-0.25, -0.2) is 0 Å². The highest BCUT2D eigenvalue weighted by Gasteiger charge is 2.39. The van der Waals surface area contributed by atoms with Crippen LogP contribution < -0.4 is 4.90 Å². The molecule has 0 radical (unpaired) electrons. The Hall–Kier alpha value is -2.23. The summed E-state index contributed by atoms with van der Waals surface area (Å²) in [5.41, 5.74) is -0.874. The fourth-order valence-corrected chi connectivity index (χ4v) is 1.93. The number of aliphatic carboxylic acids is 1. The van der Waals surface area contributed by atoms with Crippen molar-refractivity contribution in [3.8, 4) is 6.07 Å². The predicted octanol–water partition coefficient (Wildman–Crippen LogP) is 2.10. The lowest BCUT2D eigenvalue weighted by atomic mass is 9.97. The number of hydrogen-bond donors (Lipinski definition) is 1. The van der Waals surface area contributed by atoms with E-state index in [2.05, 4.69) is 0 Å². The van der Waals surface area contributed by atoms with Gasteiger partial charge in [-0.1, -0.05) is 0 Å². The molecule has 1 saturated heterocycles. The van der Waals surface area contributed by atoms with E-state index in [9.17, 15) is 18.0 Å². The molecule has 0 saturated carbocycles. The summed E-state index contributed by atoms with van der Waals surface area (Å²) in [7, 11) is 0. The molecule has 1 aliphatic rings. The predicted molar refractivity (Wildman–Crippen MR) is 59.5 cm³/mol. The van der Waals surface area contributed by atoms with E-state index in [0.717, 1.165) is 18.2 Å². The minimum absolute atomic E-state index is 0.0211. The highest BCUT2D eigenvalue weighted by Crippen LogP contribution is 2.39. The number of nitriles is 1. The minimum Gasteiger partial charge on any atom is -0.481 e. The Morgan fingerprint density at radius 3 is 2.53 bits per heavy atom. The van der Waals surface area contributed by atoms with Gasteiger partial charge in [-0.05, 0) is 18.2 Å². The van der Waals surface area contributed by atoms with Crippen molar-refractivity contribution in [2.24, 2.45) is 5.92 Å². The van der Waals surface area contributed by atoms with Crippen LogP contribution in [0.25, 0.3) is 0 Å². The molecule has 1 fully saturated rings. The summed E-state index contributed by atoms with van der Waals surface area (Å²) in [6, 6.07) is 4.86. The first kappa shape index (κ1) is 13.2. The fourth-order valence-electron chi connectivity index (χ4n) is 1.93. The van der Waals surface area contributed by atoms with Crippen LogP contribution in [0, 0.1) is 17.2 Å². The van der Waals surface area contributed by atoms with Crippen molar-refractivity contribution >= 4 is 11.7 Å². The van der Waals surface area contributed by atoms with Crippen LogP contribution in [-0.4, -0.2) is 24.2 Å². The van der Waals surface area contributed by atoms with Crippen LogP contribution in [0.1, 0.15) is 11.1 Å². The first-order chi connectivity index (χ1) is 8.82. The van der Waals surface area contributed by atoms with Gasteiger partial charge in [-0.15, -0.1) is 0 Å². The lowest BCUT2D eigenvalue weighted by Crippen LogP contribution is -2.51. The van der Waals surface area contributed by atoms with Gasteiger partial charge >= 0.3 is 12.1 Å². The number of nitrogens with zero attached hydrogens (tertiary/aromatic N) is 2. The molecule has 1 aliphatic heterocycles. The third kappa shape index (κ3) is 2.47. The quantitative estimate of drug-likeness (QED) is 0.893. The molecule has 0 amide bonds. The molecule has 100 valence electrons. The van der Waals surface area contributed by atoms with Crippen molar-refractivity contribution in [2.45, 2.75) is 6.18 Å². The van der Waals surface area contributed by atoms with Crippen molar-refractivity contribution in [1.82, 2.24) is 0 Å². The van der Waals surface area contributed by atoms with E-state index in [0.29, 0.717) is 0 Å². The molecule has 1 aromatic rings.